The molecule has 2 aromatic rings. The number of morpholine rings is 1. The summed E-state index contributed by atoms with van der Waals surface area (Å²) in [7, 11) is 4.50. The normalized spacial score (nSPS) is 36.3. The van der Waals surface area contributed by atoms with Gasteiger partial charge in [-0.2, -0.15) is 0 Å². The summed E-state index contributed by atoms with van der Waals surface area (Å²) in [5.74, 6) is -0.573. The number of hydrogen-bond acceptors (Lipinski definition) is 6. The van der Waals surface area contributed by atoms with Crippen molar-refractivity contribution < 1.29 is 23.9 Å². The molecule has 0 radical (unpaired) electrons. The molecule has 0 amide bonds. The molecule has 3 unspecified atom stereocenters. The highest BCUT2D eigenvalue weighted by Crippen LogP contribution is 2.55. The van der Waals surface area contributed by atoms with Crippen molar-refractivity contribution in [1.82, 2.24) is 0 Å². The monoisotopic (exact) mass is 406 g/mol. The van der Waals surface area contributed by atoms with Crippen LogP contribution in [-0.2, 0) is 19.9 Å². The van der Waals surface area contributed by atoms with Crippen molar-refractivity contribution >= 4 is 28.6 Å². The molecule has 3 saturated heterocycles. The Hall–Kier alpha value is -1.25. The van der Waals surface area contributed by atoms with Gasteiger partial charge in [0.2, 0.25) is 5.60 Å². The molecule has 2 bridgehead atoms. The Morgan fingerprint density at radius 3 is 2.15 bits per heavy atom. The Kier molecular flexibility index (Phi) is 3.72. The number of hydrogen-bond donors (Lipinski definition) is 1. The molecule has 7 heteroatoms. The van der Waals surface area contributed by atoms with Gasteiger partial charge in [-0.1, -0.05) is 12.1 Å². The summed E-state index contributed by atoms with van der Waals surface area (Å²) in [6.45, 7) is 2.01. The highest BCUT2D eigenvalue weighted by atomic mass is 32.1. The van der Waals surface area contributed by atoms with Gasteiger partial charge in [0.05, 0.1) is 23.8 Å². The van der Waals surface area contributed by atoms with E-state index in [1.165, 1.54) is 22.7 Å². The van der Waals surface area contributed by atoms with E-state index in [0.717, 1.165) is 17.3 Å². The van der Waals surface area contributed by atoms with Crippen LogP contribution in [0.4, 0.5) is 0 Å². The second-order valence-electron chi connectivity index (χ2n) is 8.74. The Morgan fingerprint density at radius 1 is 1.19 bits per heavy atom. The van der Waals surface area contributed by atoms with Crippen LogP contribution in [0.1, 0.15) is 29.5 Å². The van der Waals surface area contributed by atoms with Crippen LogP contribution in [0.5, 0.6) is 0 Å². The Morgan fingerprint density at radius 2 is 1.70 bits per heavy atom. The SMILES string of the molecule is CC1(OC(=O)C(O)(c2cccs2)c2cccs2)CC2C3O[C@H]3[C@H](C1)[N+]2(C)C. The minimum atomic E-state index is -1.74. The average Bonchev–Trinajstić information content (AvgIpc) is 3.00. The number of fused-ring (bicyclic) bond motifs is 5. The van der Waals surface area contributed by atoms with Gasteiger partial charge in [-0.05, 0) is 29.8 Å². The quantitative estimate of drug-likeness (QED) is 0.482. The zero-order valence-electron chi connectivity index (χ0n) is 15.6. The molecule has 0 aromatic carbocycles. The largest absolute Gasteiger partial charge is 0.456 e. The maximum atomic E-state index is 13.3. The van der Waals surface area contributed by atoms with E-state index < -0.39 is 17.2 Å². The lowest BCUT2D eigenvalue weighted by Crippen LogP contribution is -2.63. The third-order valence-corrected chi connectivity index (χ3v) is 8.66. The van der Waals surface area contributed by atoms with Crippen molar-refractivity contribution in [1.29, 1.82) is 0 Å². The van der Waals surface area contributed by atoms with Gasteiger partial charge < -0.3 is 19.1 Å². The van der Waals surface area contributed by atoms with Crippen LogP contribution in [0.3, 0.4) is 0 Å². The van der Waals surface area contributed by atoms with E-state index in [-0.39, 0.29) is 0 Å². The van der Waals surface area contributed by atoms with Crippen LogP contribution >= 0.6 is 22.7 Å². The number of nitrogens with zero attached hydrogens (tertiary/aromatic N) is 1. The van der Waals surface area contributed by atoms with Gasteiger partial charge >= 0.3 is 5.97 Å². The van der Waals surface area contributed by atoms with Gasteiger partial charge in [0.25, 0.3) is 0 Å². The number of likely N-dealkylation sites (N-methyl/N-ethyl adjacent to an activating group) is 1. The highest BCUT2D eigenvalue weighted by molar-refractivity contribution is 7.12. The van der Waals surface area contributed by atoms with Crippen molar-refractivity contribution in [3.8, 4) is 0 Å². The minimum absolute atomic E-state index is 0.291. The maximum absolute atomic E-state index is 13.3. The molecule has 0 aliphatic carbocycles. The van der Waals surface area contributed by atoms with Gasteiger partial charge in [-0.25, -0.2) is 4.79 Å². The molecule has 2 aromatic heterocycles. The Balaban J connectivity index is 1.44. The van der Waals surface area contributed by atoms with Crippen LogP contribution in [0.25, 0.3) is 0 Å². The van der Waals surface area contributed by atoms with Crippen LogP contribution in [0, 0.1) is 0 Å². The second kappa shape index (κ2) is 5.64. The molecular weight excluding hydrogens is 382 g/mol. The van der Waals surface area contributed by atoms with Gasteiger partial charge in [-0.15, -0.1) is 22.7 Å². The van der Waals surface area contributed by atoms with E-state index in [1.807, 2.05) is 29.8 Å². The summed E-state index contributed by atoms with van der Waals surface area (Å²) < 4.78 is 12.9. The maximum Gasteiger partial charge on any atom is 0.349 e. The fourth-order valence-electron chi connectivity index (χ4n) is 5.10. The second-order valence-corrected chi connectivity index (χ2v) is 10.6. The first-order valence-electron chi connectivity index (χ1n) is 9.28. The predicted molar refractivity (Wildman–Crippen MR) is 104 cm³/mol. The van der Waals surface area contributed by atoms with E-state index in [4.69, 9.17) is 9.47 Å². The number of carbonyl (C=O) groups is 1. The van der Waals surface area contributed by atoms with E-state index in [2.05, 4.69) is 14.1 Å². The van der Waals surface area contributed by atoms with Crippen LogP contribution in [0.15, 0.2) is 35.0 Å². The topological polar surface area (TPSA) is 59.1 Å². The summed E-state index contributed by atoms with van der Waals surface area (Å²) in [6, 6.07) is 7.95. The van der Waals surface area contributed by atoms with Crippen molar-refractivity contribution in [3.63, 3.8) is 0 Å². The minimum Gasteiger partial charge on any atom is -0.456 e. The van der Waals surface area contributed by atoms with Crippen molar-refractivity contribution in [2.75, 3.05) is 14.1 Å². The summed E-state index contributed by atoms with van der Waals surface area (Å²) in [5.41, 5.74) is -2.33. The average molecular weight is 407 g/mol. The van der Waals surface area contributed by atoms with Gasteiger partial charge in [0.15, 0.2) is 0 Å². The summed E-state index contributed by atoms with van der Waals surface area (Å²) >= 11 is 2.74. The smallest absolute Gasteiger partial charge is 0.349 e. The molecule has 5 nitrogen and oxygen atoms in total. The molecule has 5 heterocycles. The molecule has 3 fully saturated rings. The number of aliphatic hydroxyl groups is 1. The van der Waals surface area contributed by atoms with Crippen molar-refractivity contribution in [2.24, 2.45) is 0 Å². The molecule has 3 aliphatic heterocycles. The zero-order chi connectivity index (χ0) is 19.0. The molecule has 0 saturated carbocycles. The third-order valence-electron chi connectivity index (χ3n) is 6.70. The molecule has 3 aliphatic rings. The number of ether oxygens (including phenoxy) is 2. The summed E-state index contributed by atoms with van der Waals surface area (Å²) in [4.78, 5) is 14.5. The van der Waals surface area contributed by atoms with Gasteiger partial charge in [0.1, 0.15) is 29.9 Å². The molecule has 144 valence electrons. The first-order chi connectivity index (χ1) is 12.8. The van der Waals surface area contributed by atoms with E-state index in [0.29, 0.717) is 34.0 Å². The van der Waals surface area contributed by atoms with Gasteiger partial charge in [-0.3, -0.25) is 0 Å². The standard InChI is InChI=1S/C20H24NO4S2/c1-19(10-12-16-17(24-16)13(11-19)21(12,2)3)25-18(22)20(23,14-6-4-8-26-14)15-7-5-9-27-15/h4-9,12-13,16-17,23H,10-11H2,1-3H3/q+1/t12-,13?,16-,17?,19?/m0/s1. The first kappa shape index (κ1) is 17.8. The number of piperidine rings is 1. The molecule has 27 heavy (non-hydrogen) atoms. The Labute approximate surface area is 166 Å². The fraction of sp³-hybridized carbons (Fsp3) is 0.550. The summed E-state index contributed by atoms with van der Waals surface area (Å²) in [5, 5.41) is 15.2. The number of rotatable bonds is 4. The zero-order valence-corrected chi connectivity index (χ0v) is 17.3. The van der Waals surface area contributed by atoms with E-state index in [1.54, 1.807) is 12.1 Å². The van der Waals surface area contributed by atoms with E-state index in [9.17, 15) is 9.90 Å². The lowest BCUT2D eigenvalue weighted by Gasteiger charge is -2.49. The molecule has 1 N–H and O–H groups in total. The number of esters is 1. The molecule has 0 spiro atoms. The summed E-state index contributed by atoms with van der Waals surface area (Å²) in [6.07, 6.45) is 2.10. The third kappa shape index (κ3) is 2.49. The fourth-order valence-corrected chi connectivity index (χ4v) is 6.82. The molecule has 5 rings (SSSR count). The predicted octanol–water partition coefficient (Wildman–Crippen LogP) is 2.74. The molecular formula is C20H24NO4S2+. The van der Waals surface area contributed by atoms with Crippen LogP contribution < -0.4 is 0 Å². The number of quaternary nitrogens is 1. The Bertz CT molecular complexity index is 806. The van der Waals surface area contributed by atoms with Crippen molar-refractivity contribution in [3.05, 3.63) is 44.8 Å². The molecule has 5 atom stereocenters. The van der Waals surface area contributed by atoms with Gasteiger partial charge in [0, 0.05) is 12.8 Å². The van der Waals surface area contributed by atoms with E-state index >= 15 is 0 Å². The lowest BCUT2D eigenvalue weighted by atomic mass is 9.85. The van der Waals surface area contributed by atoms with Crippen LogP contribution in [0.2, 0.25) is 0 Å². The highest BCUT2D eigenvalue weighted by Gasteiger charge is 2.73. The van der Waals surface area contributed by atoms with Crippen LogP contribution in [-0.4, -0.2) is 59.5 Å². The number of epoxide rings is 1. The number of carbonyl (C=O) groups excluding carboxylic acids is 1. The lowest BCUT2D eigenvalue weighted by molar-refractivity contribution is -0.939. The number of thiophene rings is 2. The first-order valence-corrected chi connectivity index (χ1v) is 11.0. The van der Waals surface area contributed by atoms with Crippen molar-refractivity contribution in [2.45, 2.75) is 55.3 Å².